The molecule has 0 unspecified atom stereocenters. The number of aromatic nitrogens is 1. The molecule has 0 atom stereocenters. The van der Waals surface area contributed by atoms with Gasteiger partial charge in [-0.3, -0.25) is 4.79 Å². The molecule has 0 fully saturated rings. The maximum Gasteiger partial charge on any atom is 0.258 e. The molecular formula is C21H28N2O3. The number of carbonyl (C=O) groups is 1. The summed E-state index contributed by atoms with van der Waals surface area (Å²) in [5.41, 5.74) is 3.32. The van der Waals surface area contributed by atoms with Crippen LogP contribution in [0.15, 0.2) is 36.5 Å². The largest absolute Gasteiger partial charge is 0.484 e. The van der Waals surface area contributed by atoms with E-state index in [0.717, 1.165) is 12.0 Å². The zero-order valence-corrected chi connectivity index (χ0v) is 16.0. The fourth-order valence-electron chi connectivity index (χ4n) is 2.67. The number of aryl methyl sites for hydroxylation is 1. The van der Waals surface area contributed by atoms with Gasteiger partial charge in [-0.25, -0.2) is 4.98 Å². The number of ether oxygens (including phenoxy) is 2. The summed E-state index contributed by atoms with van der Waals surface area (Å²) < 4.78 is 11.2. The van der Waals surface area contributed by atoms with Crippen LogP contribution in [0.25, 0.3) is 0 Å². The van der Waals surface area contributed by atoms with Gasteiger partial charge >= 0.3 is 0 Å². The third kappa shape index (κ3) is 5.76. The Morgan fingerprint density at radius 1 is 1.23 bits per heavy atom. The fourth-order valence-corrected chi connectivity index (χ4v) is 2.67. The van der Waals surface area contributed by atoms with E-state index >= 15 is 0 Å². The van der Waals surface area contributed by atoms with Gasteiger partial charge in [-0.15, -0.1) is 0 Å². The predicted molar refractivity (Wildman–Crippen MR) is 103 cm³/mol. The zero-order chi connectivity index (χ0) is 18.9. The zero-order valence-electron chi connectivity index (χ0n) is 16.0. The van der Waals surface area contributed by atoms with Gasteiger partial charge in [0.15, 0.2) is 6.61 Å². The van der Waals surface area contributed by atoms with Crippen LogP contribution in [0.2, 0.25) is 0 Å². The lowest BCUT2D eigenvalue weighted by molar-refractivity contribution is -0.123. The predicted octanol–water partition coefficient (Wildman–Crippen LogP) is 4.00. The maximum absolute atomic E-state index is 12.1. The molecule has 2 rings (SSSR count). The summed E-state index contributed by atoms with van der Waals surface area (Å²) in [6, 6.07) is 9.66. The summed E-state index contributed by atoms with van der Waals surface area (Å²) in [4.78, 5) is 16.3. The van der Waals surface area contributed by atoms with Gasteiger partial charge in [0, 0.05) is 18.3 Å². The third-order valence-electron chi connectivity index (χ3n) is 4.00. The topological polar surface area (TPSA) is 60.5 Å². The molecule has 5 nitrogen and oxygen atoms in total. The van der Waals surface area contributed by atoms with Gasteiger partial charge in [-0.1, -0.05) is 32.9 Å². The van der Waals surface area contributed by atoms with Gasteiger partial charge in [0.25, 0.3) is 5.91 Å². The number of rotatable bonds is 9. The highest BCUT2D eigenvalue weighted by molar-refractivity contribution is 5.77. The van der Waals surface area contributed by atoms with E-state index in [1.165, 1.54) is 11.1 Å². The molecule has 0 bridgehead atoms. The number of nitrogens with one attached hydrogen (secondary N) is 1. The van der Waals surface area contributed by atoms with E-state index in [2.05, 4.69) is 37.1 Å². The molecule has 1 aromatic carbocycles. The number of nitrogens with zero attached hydrogens (tertiary/aromatic N) is 1. The van der Waals surface area contributed by atoms with Gasteiger partial charge in [0.05, 0.1) is 6.61 Å². The van der Waals surface area contributed by atoms with Crippen molar-refractivity contribution in [3.05, 3.63) is 53.2 Å². The summed E-state index contributed by atoms with van der Waals surface area (Å²) >= 11 is 0. The van der Waals surface area contributed by atoms with Crippen molar-refractivity contribution in [2.75, 3.05) is 13.2 Å². The second-order valence-corrected chi connectivity index (χ2v) is 6.55. The van der Waals surface area contributed by atoms with E-state index in [4.69, 9.17) is 9.47 Å². The van der Waals surface area contributed by atoms with Crippen LogP contribution < -0.4 is 14.8 Å². The van der Waals surface area contributed by atoms with E-state index in [1.807, 2.05) is 31.2 Å². The van der Waals surface area contributed by atoms with Gasteiger partial charge in [0.2, 0.25) is 5.88 Å². The van der Waals surface area contributed by atoms with Crippen molar-refractivity contribution < 1.29 is 14.3 Å². The molecule has 140 valence electrons. The number of pyridine rings is 1. The SMILES string of the molecule is CCCOc1ncccc1CNC(=O)COc1ccc(C(C)C)c(C)c1. The first kappa shape index (κ1) is 19.8. The summed E-state index contributed by atoms with van der Waals surface area (Å²) in [5, 5.41) is 2.85. The van der Waals surface area contributed by atoms with E-state index < -0.39 is 0 Å². The number of hydrogen-bond acceptors (Lipinski definition) is 4. The van der Waals surface area contributed by atoms with Gasteiger partial charge in [0.1, 0.15) is 5.75 Å². The maximum atomic E-state index is 12.1. The van der Waals surface area contributed by atoms with Crippen molar-refractivity contribution in [1.82, 2.24) is 10.3 Å². The van der Waals surface area contributed by atoms with Crippen LogP contribution in [0.3, 0.4) is 0 Å². The molecule has 0 saturated carbocycles. The molecule has 0 aliphatic heterocycles. The average molecular weight is 356 g/mol. The number of carbonyl (C=O) groups excluding carboxylic acids is 1. The van der Waals surface area contributed by atoms with Crippen LogP contribution in [0, 0.1) is 6.92 Å². The van der Waals surface area contributed by atoms with Gasteiger partial charge in [-0.2, -0.15) is 0 Å². The van der Waals surface area contributed by atoms with Crippen LogP contribution in [0.1, 0.15) is 49.8 Å². The molecule has 0 aliphatic carbocycles. The molecule has 0 spiro atoms. The Bertz CT molecular complexity index is 729. The van der Waals surface area contributed by atoms with Crippen molar-refractivity contribution in [2.24, 2.45) is 0 Å². The van der Waals surface area contributed by atoms with Gasteiger partial charge < -0.3 is 14.8 Å². The van der Waals surface area contributed by atoms with Crippen LogP contribution in [-0.4, -0.2) is 24.1 Å². The average Bonchev–Trinajstić information content (AvgIpc) is 2.63. The van der Waals surface area contributed by atoms with Crippen molar-refractivity contribution >= 4 is 5.91 Å². The Morgan fingerprint density at radius 2 is 2.04 bits per heavy atom. The van der Waals surface area contributed by atoms with Crippen molar-refractivity contribution in [2.45, 2.75) is 46.6 Å². The first-order valence-electron chi connectivity index (χ1n) is 9.08. The second kappa shape index (κ2) is 9.80. The molecule has 5 heteroatoms. The standard InChI is InChI=1S/C21H28N2O3/c1-5-11-25-21-17(7-6-10-22-21)13-23-20(24)14-26-18-8-9-19(15(2)3)16(4)12-18/h6-10,12,15H,5,11,13-14H2,1-4H3,(H,23,24). The molecule has 0 aliphatic rings. The lowest BCUT2D eigenvalue weighted by Gasteiger charge is -2.13. The number of benzene rings is 1. The third-order valence-corrected chi connectivity index (χ3v) is 4.00. The van der Waals surface area contributed by atoms with E-state index in [1.54, 1.807) is 6.20 Å². The number of amides is 1. The Kier molecular flexibility index (Phi) is 7.45. The fraction of sp³-hybridized carbons (Fsp3) is 0.429. The van der Waals surface area contributed by atoms with Crippen LogP contribution in [-0.2, 0) is 11.3 Å². The molecule has 0 radical (unpaired) electrons. The normalized spacial score (nSPS) is 10.7. The Balaban J connectivity index is 1.85. The highest BCUT2D eigenvalue weighted by Gasteiger charge is 2.09. The van der Waals surface area contributed by atoms with Crippen molar-refractivity contribution in [3.8, 4) is 11.6 Å². The molecule has 26 heavy (non-hydrogen) atoms. The van der Waals surface area contributed by atoms with Crippen LogP contribution in [0.4, 0.5) is 0 Å². The molecular weight excluding hydrogens is 328 g/mol. The minimum atomic E-state index is -0.180. The van der Waals surface area contributed by atoms with Crippen LogP contribution in [0.5, 0.6) is 11.6 Å². The Hall–Kier alpha value is -2.56. The monoisotopic (exact) mass is 356 g/mol. The molecule has 1 amide bonds. The highest BCUT2D eigenvalue weighted by atomic mass is 16.5. The lowest BCUT2D eigenvalue weighted by atomic mass is 9.98. The number of hydrogen-bond donors (Lipinski definition) is 1. The minimum absolute atomic E-state index is 0.0219. The van der Waals surface area contributed by atoms with E-state index in [0.29, 0.717) is 30.7 Å². The van der Waals surface area contributed by atoms with E-state index in [-0.39, 0.29) is 12.5 Å². The summed E-state index contributed by atoms with van der Waals surface area (Å²) in [7, 11) is 0. The summed E-state index contributed by atoms with van der Waals surface area (Å²) in [6.07, 6.45) is 2.59. The van der Waals surface area contributed by atoms with Crippen molar-refractivity contribution in [1.29, 1.82) is 0 Å². The minimum Gasteiger partial charge on any atom is -0.484 e. The van der Waals surface area contributed by atoms with Crippen molar-refractivity contribution in [3.63, 3.8) is 0 Å². The molecule has 0 saturated heterocycles. The Labute approximate surface area is 155 Å². The summed E-state index contributed by atoms with van der Waals surface area (Å²) in [5.74, 6) is 1.56. The summed E-state index contributed by atoms with van der Waals surface area (Å²) in [6.45, 7) is 9.36. The first-order chi connectivity index (χ1) is 12.5. The Morgan fingerprint density at radius 3 is 2.73 bits per heavy atom. The molecule has 1 N–H and O–H groups in total. The molecule has 1 aromatic heterocycles. The van der Waals surface area contributed by atoms with E-state index in [9.17, 15) is 4.79 Å². The smallest absolute Gasteiger partial charge is 0.258 e. The quantitative estimate of drug-likeness (QED) is 0.738. The second-order valence-electron chi connectivity index (χ2n) is 6.55. The lowest BCUT2D eigenvalue weighted by Crippen LogP contribution is -2.28. The first-order valence-corrected chi connectivity index (χ1v) is 9.08. The van der Waals surface area contributed by atoms with Gasteiger partial charge in [-0.05, 0) is 48.6 Å². The highest BCUT2D eigenvalue weighted by Crippen LogP contribution is 2.23. The molecule has 2 aromatic rings. The molecule has 1 heterocycles. The van der Waals surface area contributed by atoms with Crippen LogP contribution >= 0.6 is 0 Å².